The minimum absolute atomic E-state index is 0.0533. The van der Waals surface area contributed by atoms with E-state index in [-0.39, 0.29) is 11.6 Å². The quantitative estimate of drug-likeness (QED) is 0.565. The molecule has 0 aliphatic carbocycles. The Morgan fingerprint density at radius 3 is 2.36 bits per heavy atom. The van der Waals surface area contributed by atoms with Crippen molar-refractivity contribution in [3.63, 3.8) is 0 Å². The number of hydrogen-bond acceptors (Lipinski definition) is 4. The summed E-state index contributed by atoms with van der Waals surface area (Å²) in [5, 5.41) is 0. The number of methoxy groups -OCH3 is 1. The Hall–Kier alpha value is -2.07. The van der Waals surface area contributed by atoms with Crippen LogP contribution in [0.5, 0.6) is 5.75 Å². The van der Waals surface area contributed by atoms with Crippen molar-refractivity contribution in [2.24, 2.45) is 0 Å². The van der Waals surface area contributed by atoms with E-state index in [0.29, 0.717) is 29.1 Å². The molecule has 0 radical (unpaired) electrons. The second kappa shape index (κ2) is 7.80. The number of ether oxygens (including phenoxy) is 1. The number of carbonyl (C=O) groups is 2. The molecule has 0 amide bonds. The van der Waals surface area contributed by atoms with Crippen molar-refractivity contribution in [3.8, 4) is 5.75 Å². The van der Waals surface area contributed by atoms with Gasteiger partial charge in [0, 0.05) is 22.4 Å². The van der Waals surface area contributed by atoms with E-state index < -0.39 is 0 Å². The van der Waals surface area contributed by atoms with Gasteiger partial charge >= 0.3 is 0 Å². The van der Waals surface area contributed by atoms with E-state index in [2.05, 4.69) is 0 Å². The fourth-order valence-corrected chi connectivity index (χ4v) is 2.76. The molecule has 22 heavy (non-hydrogen) atoms. The fraction of sp³-hybridized carbons (Fsp3) is 0.222. The topological polar surface area (TPSA) is 43.4 Å². The number of Topliss-reactive ketones (excluding diaryl/α,β-unsaturated/α-hetero) is 2. The summed E-state index contributed by atoms with van der Waals surface area (Å²) in [6.45, 7) is 1.85. The Morgan fingerprint density at radius 1 is 1.00 bits per heavy atom. The molecule has 0 saturated heterocycles. The van der Waals surface area contributed by atoms with Crippen LogP contribution in [0, 0.1) is 0 Å². The number of ketones is 2. The second-order valence-electron chi connectivity index (χ2n) is 4.74. The van der Waals surface area contributed by atoms with E-state index in [9.17, 15) is 9.59 Å². The van der Waals surface area contributed by atoms with Gasteiger partial charge in [-0.25, -0.2) is 0 Å². The molecule has 0 fully saturated rings. The molecule has 2 rings (SSSR count). The van der Waals surface area contributed by atoms with Crippen LogP contribution >= 0.6 is 11.8 Å². The Bertz CT molecular complexity index is 662. The highest BCUT2D eigenvalue weighted by Crippen LogP contribution is 2.21. The predicted octanol–water partition coefficient (Wildman–Crippen LogP) is 4.26. The lowest BCUT2D eigenvalue weighted by molar-refractivity contribution is 0.0986. The van der Waals surface area contributed by atoms with Gasteiger partial charge in [-0.1, -0.05) is 31.2 Å². The zero-order valence-corrected chi connectivity index (χ0v) is 13.5. The predicted molar refractivity (Wildman–Crippen MR) is 89.1 cm³/mol. The molecule has 0 aliphatic rings. The van der Waals surface area contributed by atoms with Gasteiger partial charge in [0.05, 0.1) is 12.9 Å². The molecule has 0 saturated carbocycles. The van der Waals surface area contributed by atoms with Gasteiger partial charge < -0.3 is 4.74 Å². The maximum absolute atomic E-state index is 12.2. The highest BCUT2D eigenvalue weighted by Gasteiger charge is 2.08. The normalized spacial score (nSPS) is 10.3. The van der Waals surface area contributed by atoms with E-state index in [1.807, 2.05) is 43.3 Å². The zero-order chi connectivity index (χ0) is 15.9. The lowest BCUT2D eigenvalue weighted by atomic mass is 10.1. The van der Waals surface area contributed by atoms with Gasteiger partial charge in [0.15, 0.2) is 11.6 Å². The number of thioether (sulfide) groups is 1. The number of rotatable bonds is 7. The Labute approximate surface area is 134 Å². The SMILES string of the molecule is CCC(=O)c1ccc(SCC(=O)c2cccc(OC)c2)cc1. The van der Waals surface area contributed by atoms with Crippen LogP contribution in [0.15, 0.2) is 53.4 Å². The minimum atomic E-state index is 0.0533. The third-order valence-electron chi connectivity index (χ3n) is 3.26. The van der Waals surface area contributed by atoms with Crippen LogP contribution in [-0.4, -0.2) is 24.4 Å². The summed E-state index contributed by atoms with van der Waals surface area (Å²) >= 11 is 1.46. The first-order chi connectivity index (χ1) is 10.6. The van der Waals surface area contributed by atoms with Crippen molar-refractivity contribution in [1.82, 2.24) is 0 Å². The van der Waals surface area contributed by atoms with E-state index in [1.54, 1.807) is 19.2 Å². The maximum atomic E-state index is 12.2. The van der Waals surface area contributed by atoms with Gasteiger partial charge in [0.25, 0.3) is 0 Å². The van der Waals surface area contributed by atoms with Gasteiger partial charge in [-0.3, -0.25) is 9.59 Å². The molecule has 0 heterocycles. The van der Waals surface area contributed by atoms with Crippen LogP contribution in [0.1, 0.15) is 34.1 Å². The minimum Gasteiger partial charge on any atom is -0.497 e. The highest BCUT2D eigenvalue weighted by molar-refractivity contribution is 8.00. The van der Waals surface area contributed by atoms with Crippen molar-refractivity contribution in [3.05, 3.63) is 59.7 Å². The molecular formula is C18H18O3S. The Kier molecular flexibility index (Phi) is 5.78. The van der Waals surface area contributed by atoms with Crippen molar-refractivity contribution >= 4 is 23.3 Å². The maximum Gasteiger partial charge on any atom is 0.173 e. The van der Waals surface area contributed by atoms with Crippen molar-refractivity contribution < 1.29 is 14.3 Å². The molecule has 0 bridgehead atoms. The van der Waals surface area contributed by atoms with E-state index in [1.165, 1.54) is 11.8 Å². The number of carbonyl (C=O) groups excluding carboxylic acids is 2. The summed E-state index contributed by atoms with van der Waals surface area (Å²) < 4.78 is 5.12. The largest absolute Gasteiger partial charge is 0.497 e. The summed E-state index contributed by atoms with van der Waals surface area (Å²) in [5.41, 5.74) is 1.36. The first-order valence-electron chi connectivity index (χ1n) is 7.07. The molecule has 114 valence electrons. The summed E-state index contributed by atoms with van der Waals surface area (Å²) in [4.78, 5) is 24.7. The Morgan fingerprint density at radius 2 is 1.73 bits per heavy atom. The molecule has 0 unspecified atom stereocenters. The number of hydrogen-bond donors (Lipinski definition) is 0. The molecule has 2 aromatic rings. The average Bonchev–Trinajstić information content (AvgIpc) is 2.59. The molecule has 0 aliphatic heterocycles. The monoisotopic (exact) mass is 314 g/mol. The van der Waals surface area contributed by atoms with Crippen molar-refractivity contribution in [1.29, 1.82) is 0 Å². The van der Waals surface area contributed by atoms with Crippen molar-refractivity contribution in [2.75, 3.05) is 12.9 Å². The summed E-state index contributed by atoms with van der Waals surface area (Å²) in [6, 6.07) is 14.5. The first kappa shape index (κ1) is 16.3. The van der Waals surface area contributed by atoms with Gasteiger partial charge in [0.2, 0.25) is 0 Å². The van der Waals surface area contributed by atoms with E-state index in [4.69, 9.17) is 4.74 Å². The third kappa shape index (κ3) is 4.21. The van der Waals surface area contributed by atoms with Gasteiger partial charge in [0.1, 0.15) is 5.75 Å². The molecule has 4 heteroatoms. The van der Waals surface area contributed by atoms with Gasteiger partial charge in [-0.15, -0.1) is 11.8 Å². The standard InChI is InChI=1S/C18H18O3S/c1-3-17(19)13-7-9-16(10-8-13)22-12-18(20)14-5-4-6-15(11-14)21-2/h4-11H,3,12H2,1-2H3. The molecular weight excluding hydrogens is 296 g/mol. The molecule has 0 spiro atoms. The van der Waals surface area contributed by atoms with E-state index in [0.717, 1.165) is 4.90 Å². The fourth-order valence-electron chi connectivity index (χ4n) is 1.97. The lowest BCUT2D eigenvalue weighted by Gasteiger charge is -2.05. The van der Waals surface area contributed by atoms with Crippen LogP contribution in [0.4, 0.5) is 0 Å². The average molecular weight is 314 g/mol. The highest BCUT2D eigenvalue weighted by atomic mass is 32.2. The summed E-state index contributed by atoms with van der Waals surface area (Å²) in [5.74, 6) is 1.22. The Balaban J connectivity index is 1.97. The molecule has 0 N–H and O–H groups in total. The summed E-state index contributed by atoms with van der Waals surface area (Å²) in [7, 11) is 1.58. The van der Waals surface area contributed by atoms with Crippen LogP contribution in [0.2, 0.25) is 0 Å². The smallest absolute Gasteiger partial charge is 0.173 e. The second-order valence-corrected chi connectivity index (χ2v) is 5.79. The molecule has 0 atom stereocenters. The first-order valence-corrected chi connectivity index (χ1v) is 8.06. The third-order valence-corrected chi connectivity index (χ3v) is 4.27. The van der Waals surface area contributed by atoms with Gasteiger partial charge in [-0.2, -0.15) is 0 Å². The van der Waals surface area contributed by atoms with Gasteiger partial charge in [-0.05, 0) is 24.3 Å². The van der Waals surface area contributed by atoms with Crippen LogP contribution in [-0.2, 0) is 0 Å². The molecule has 0 aromatic heterocycles. The van der Waals surface area contributed by atoms with Crippen LogP contribution in [0.3, 0.4) is 0 Å². The van der Waals surface area contributed by atoms with Crippen LogP contribution in [0.25, 0.3) is 0 Å². The van der Waals surface area contributed by atoms with Crippen molar-refractivity contribution in [2.45, 2.75) is 18.2 Å². The lowest BCUT2D eigenvalue weighted by Crippen LogP contribution is -2.02. The molecule has 2 aromatic carbocycles. The molecule has 3 nitrogen and oxygen atoms in total. The number of benzene rings is 2. The zero-order valence-electron chi connectivity index (χ0n) is 12.7. The van der Waals surface area contributed by atoms with Crippen LogP contribution < -0.4 is 4.74 Å². The van der Waals surface area contributed by atoms with E-state index >= 15 is 0 Å². The summed E-state index contributed by atoms with van der Waals surface area (Å²) in [6.07, 6.45) is 0.501.